The monoisotopic (exact) mass is 236 g/mol. The van der Waals surface area contributed by atoms with E-state index in [-0.39, 0.29) is 0 Å². The fourth-order valence-corrected chi connectivity index (χ4v) is 2.70. The lowest BCUT2D eigenvalue weighted by molar-refractivity contribution is 0.618. The number of aromatic nitrogens is 2. The van der Waals surface area contributed by atoms with Crippen LogP contribution in [0.4, 0.5) is 0 Å². The van der Waals surface area contributed by atoms with E-state index in [1.165, 1.54) is 24.0 Å². The minimum atomic E-state index is 0.683. The number of benzene rings is 1. The van der Waals surface area contributed by atoms with Crippen molar-refractivity contribution in [1.82, 2.24) is 9.97 Å². The molecule has 0 spiro atoms. The van der Waals surface area contributed by atoms with Crippen molar-refractivity contribution in [2.45, 2.75) is 19.3 Å². The van der Waals surface area contributed by atoms with E-state index >= 15 is 0 Å². The summed E-state index contributed by atoms with van der Waals surface area (Å²) in [5, 5.41) is 0. The molecule has 0 aliphatic heterocycles. The van der Waals surface area contributed by atoms with Gasteiger partial charge in [0.15, 0.2) is 11.2 Å². The zero-order valence-corrected chi connectivity index (χ0v) is 9.89. The third-order valence-corrected chi connectivity index (χ3v) is 3.54. The second-order valence-electron chi connectivity index (χ2n) is 4.64. The molecule has 3 aromatic rings. The van der Waals surface area contributed by atoms with E-state index in [1.807, 2.05) is 12.1 Å². The van der Waals surface area contributed by atoms with Gasteiger partial charge in [-0.1, -0.05) is 12.1 Å². The van der Waals surface area contributed by atoms with Crippen LogP contribution in [0.15, 0.2) is 40.9 Å². The van der Waals surface area contributed by atoms with Crippen molar-refractivity contribution >= 4 is 11.2 Å². The average Bonchev–Trinajstić information content (AvgIpc) is 3.04. The highest BCUT2D eigenvalue weighted by Crippen LogP contribution is 2.32. The van der Waals surface area contributed by atoms with E-state index in [0.29, 0.717) is 11.5 Å². The van der Waals surface area contributed by atoms with Gasteiger partial charge in [0.05, 0.1) is 0 Å². The van der Waals surface area contributed by atoms with Gasteiger partial charge < -0.3 is 4.42 Å². The van der Waals surface area contributed by atoms with Crippen LogP contribution in [0.25, 0.3) is 22.7 Å². The summed E-state index contributed by atoms with van der Waals surface area (Å²) in [5.74, 6) is 0.697. The third kappa shape index (κ3) is 1.37. The van der Waals surface area contributed by atoms with Crippen molar-refractivity contribution in [1.29, 1.82) is 0 Å². The molecule has 0 amide bonds. The first kappa shape index (κ1) is 9.83. The number of nitrogens with zero attached hydrogens (tertiary/aromatic N) is 2. The molecule has 1 aromatic carbocycles. The van der Waals surface area contributed by atoms with Crippen molar-refractivity contribution in [3.63, 3.8) is 0 Å². The van der Waals surface area contributed by atoms with Crippen molar-refractivity contribution < 1.29 is 4.42 Å². The molecule has 88 valence electrons. The Hall–Kier alpha value is -2.16. The molecular weight excluding hydrogens is 224 g/mol. The largest absolute Gasteiger partial charge is 0.434 e. The summed E-state index contributed by atoms with van der Waals surface area (Å²) in [6.45, 7) is 0. The Labute approximate surface area is 104 Å². The molecule has 0 atom stereocenters. The molecular formula is C15H12N2O. The molecule has 0 saturated heterocycles. The van der Waals surface area contributed by atoms with Gasteiger partial charge in [0, 0.05) is 11.8 Å². The summed E-state index contributed by atoms with van der Waals surface area (Å²) in [5.41, 5.74) is 5.39. The number of hydrogen-bond acceptors (Lipinski definition) is 3. The molecule has 0 fully saturated rings. The minimum Gasteiger partial charge on any atom is -0.434 e. The number of rotatable bonds is 1. The summed E-state index contributed by atoms with van der Waals surface area (Å²) < 4.78 is 5.81. The standard InChI is InChI=1S/C15H12N2O/c1-4-10-5-2-7-12(11(10)6-1)15-17-14-13(18-15)8-3-9-16-14/h2-3,5,7-9H,1,4,6H2. The van der Waals surface area contributed by atoms with Gasteiger partial charge in [0.2, 0.25) is 5.89 Å². The normalized spacial score (nSPS) is 14.0. The van der Waals surface area contributed by atoms with Gasteiger partial charge in [-0.05, 0) is 48.6 Å². The van der Waals surface area contributed by atoms with Gasteiger partial charge in [0.25, 0.3) is 0 Å². The topological polar surface area (TPSA) is 38.9 Å². The lowest BCUT2D eigenvalue weighted by atomic mass is 10.0. The quantitative estimate of drug-likeness (QED) is 0.650. The van der Waals surface area contributed by atoms with Crippen LogP contribution in [0, 0.1) is 0 Å². The number of aryl methyl sites for hydroxylation is 1. The summed E-state index contributed by atoms with van der Waals surface area (Å²) in [4.78, 5) is 8.70. The number of oxazole rings is 1. The van der Waals surface area contributed by atoms with E-state index in [2.05, 4.69) is 28.2 Å². The summed E-state index contributed by atoms with van der Waals surface area (Å²) in [7, 11) is 0. The molecule has 0 radical (unpaired) electrons. The Morgan fingerprint density at radius 2 is 2.06 bits per heavy atom. The van der Waals surface area contributed by atoms with Crippen LogP contribution >= 0.6 is 0 Å². The highest BCUT2D eigenvalue weighted by atomic mass is 16.3. The third-order valence-electron chi connectivity index (χ3n) is 3.54. The molecule has 0 unspecified atom stereocenters. The summed E-state index contributed by atoms with van der Waals surface area (Å²) >= 11 is 0. The average molecular weight is 236 g/mol. The maximum Gasteiger partial charge on any atom is 0.229 e. The Morgan fingerprint density at radius 1 is 1.06 bits per heavy atom. The highest BCUT2D eigenvalue weighted by molar-refractivity contribution is 5.73. The van der Waals surface area contributed by atoms with E-state index in [1.54, 1.807) is 6.20 Å². The molecule has 3 nitrogen and oxygen atoms in total. The van der Waals surface area contributed by atoms with E-state index in [9.17, 15) is 0 Å². The smallest absolute Gasteiger partial charge is 0.229 e. The Bertz CT molecular complexity index is 697. The van der Waals surface area contributed by atoms with Crippen LogP contribution in [0.3, 0.4) is 0 Å². The maximum absolute atomic E-state index is 5.81. The van der Waals surface area contributed by atoms with E-state index < -0.39 is 0 Å². The van der Waals surface area contributed by atoms with Crippen LogP contribution in [0.5, 0.6) is 0 Å². The van der Waals surface area contributed by atoms with Crippen LogP contribution in [-0.2, 0) is 12.8 Å². The van der Waals surface area contributed by atoms with Crippen LogP contribution < -0.4 is 0 Å². The van der Waals surface area contributed by atoms with Crippen LogP contribution in [0.2, 0.25) is 0 Å². The van der Waals surface area contributed by atoms with E-state index in [4.69, 9.17) is 4.42 Å². The van der Waals surface area contributed by atoms with Crippen molar-refractivity contribution in [3.8, 4) is 11.5 Å². The predicted molar refractivity (Wildman–Crippen MR) is 69.3 cm³/mol. The van der Waals surface area contributed by atoms with Crippen LogP contribution in [0.1, 0.15) is 17.5 Å². The van der Waals surface area contributed by atoms with Gasteiger partial charge in [0.1, 0.15) is 0 Å². The van der Waals surface area contributed by atoms with Gasteiger partial charge in [-0.15, -0.1) is 0 Å². The fourth-order valence-electron chi connectivity index (χ4n) is 2.70. The zero-order chi connectivity index (χ0) is 11.9. The van der Waals surface area contributed by atoms with Gasteiger partial charge >= 0.3 is 0 Å². The zero-order valence-electron chi connectivity index (χ0n) is 9.89. The molecule has 1 aliphatic rings. The molecule has 0 bridgehead atoms. The first-order chi connectivity index (χ1) is 8.92. The summed E-state index contributed by atoms with van der Waals surface area (Å²) in [6.07, 6.45) is 5.26. The highest BCUT2D eigenvalue weighted by Gasteiger charge is 2.18. The molecule has 2 heterocycles. The predicted octanol–water partition coefficient (Wildman–Crippen LogP) is 3.38. The van der Waals surface area contributed by atoms with Crippen molar-refractivity contribution in [2.75, 3.05) is 0 Å². The van der Waals surface area contributed by atoms with Crippen molar-refractivity contribution in [2.24, 2.45) is 0 Å². The lowest BCUT2D eigenvalue weighted by Gasteiger charge is -2.03. The molecule has 18 heavy (non-hydrogen) atoms. The van der Waals surface area contributed by atoms with E-state index in [0.717, 1.165) is 17.6 Å². The maximum atomic E-state index is 5.81. The minimum absolute atomic E-state index is 0.683. The number of fused-ring (bicyclic) bond motifs is 2. The molecule has 4 rings (SSSR count). The number of hydrogen-bond donors (Lipinski definition) is 0. The second kappa shape index (κ2) is 3.67. The lowest BCUT2D eigenvalue weighted by Crippen LogP contribution is -1.88. The first-order valence-electron chi connectivity index (χ1n) is 6.24. The van der Waals surface area contributed by atoms with Gasteiger partial charge in [-0.2, -0.15) is 4.98 Å². The van der Waals surface area contributed by atoms with Gasteiger partial charge in [-0.3, -0.25) is 0 Å². The van der Waals surface area contributed by atoms with Crippen molar-refractivity contribution in [3.05, 3.63) is 47.7 Å². The molecule has 3 heteroatoms. The van der Waals surface area contributed by atoms with Crippen LogP contribution in [-0.4, -0.2) is 9.97 Å². The molecule has 0 N–H and O–H groups in total. The molecule has 2 aromatic heterocycles. The first-order valence-corrected chi connectivity index (χ1v) is 6.24. The Balaban J connectivity index is 1.95. The fraction of sp³-hybridized carbons (Fsp3) is 0.200. The molecule has 1 aliphatic carbocycles. The Morgan fingerprint density at radius 3 is 3.00 bits per heavy atom. The SMILES string of the molecule is c1cc2c(c(-c3nc4ncccc4o3)c1)CCC2. The summed E-state index contributed by atoms with van der Waals surface area (Å²) in [6, 6.07) is 10.2. The Kier molecular flexibility index (Phi) is 2.00. The number of pyridine rings is 1. The second-order valence-corrected chi connectivity index (χ2v) is 4.64. The molecule has 0 saturated carbocycles. The van der Waals surface area contributed by atoms with Gasteiger partial charge in [-0.25, -0.2) is 4.98 Å².